The molecular weight excluding hydrogens is 518 g/mol. The second-order valence-electron chi connectivity index (χ2n) is 8.72. The molecule has 0 bridgehead atoms. The number of hydrogen-bond donors (Lipinski definition) is 1. The van der Waals surface area contributed by atoms with E-state index in [-0.39, 0.29) is 10.8 Å². The van der Waals surface area contributed by atoms with Crippen molar-refractivity contribution < 1.29 is 22.4 Å². The van der Waals surface area contributed by atoms with Crippen LogP contribution in [0.5, 0.6) is 11.5 Å². The maximum atomic E-state index is 12.7. The summed E-state index contributed by atoms with van der Waals surface area (Å²) in [6.07, 6.45) is 4.33. The lowest BCUT2D eigenvalue weighted by Gasteiger charge is -2.10. The molecule has 3 aromatic carbocycles. The lowest BCUT2D eigenvalue weighted by molar-refractivity contribution is 0.355. The Bertz CT molecular complexity index is 1680. The SMILES string of the molecule is CCc1ccc(S(=O)(=O)Nc2ccc(Cn3cnc(-c4nc(-c5ccc(OC)c(OC)c5)no4)c3)cc2)cc1. The van der Waals surface area contributed by atoms with E-state index in [0.29, 0.717) is 35.2 Å². The van der Waals surface area contributed by atoms with Gasteiger partial charge in [0.2, 0.25) is 5.82 Å². The van der Waals surface area contributed by atoms with Crippen LogP contribution in [-0.4, -0.2) is 42.3 Å². The van der Waals surface area contributed by atoms with Crippen LogP contribution in [0.3, 0.4) is 0 Å². The van der Waals surface area contributed by atoms with E-state index >= 15 is 0 Å². The molecule has 2 aromatic heterocycles. The average molecular weight is 546 g/mol. The second-order valence-corrected chi connectivity index (χ2v) is 10.4. The molecule has 0 atom stereocenters. The minimum absolute atomic E-state index is 0.227. The number of ether oxygens (including phenoxy) is 2. The number of nitrogens with zero attached hydrogens (tertiary/aromatic N) is 4. The molecule has 0 amide bonds. The third kappa shape index (κ3) is 5.78. The fourth-order valence-corrected chi connectivity index (χ4v) is 5.04. The Hall–Kier alpha value is -4.64. The molecule has 1 N–H and O–H groups in total. The van der Waals surface area contributed by atoms with E-state index < -0.39 is 10.0 Å². The third-order valence-electron chi connectivity index (χ3n) is 6.13. The van der Waals surface area contributed by atoms with Gasteiger partial charge in [0.1, 0.15) is 5.69 Å². The highest BCUT2D eigenvalue weighted by molar-refractivity contribution is 7.92. The zero-order valence-electron chi connectivity index (χ0n) is 21.7. The van der Waals surface area contributed by atoms with Gasteiger partial charge in [0, 0.05) is 24.0 Å². The number of methoxy groups -OCH3 is 2. The molecule has 200 valence electrons. The first kappa shape index (κ1) is 26.0. The van der Waals surface area contributed by atoms with E-state index in [1.807, 2.05) is 48.0 Å². The van der Waals surface area contributed by atoms with Crippen LogP contribution in [0.4, 0.5) is 5.69 Å². The first-order valence-electron chi connectivity index (χ1n) is 12.2. The van der Waals surface area contributed by atoms with Gasteiger partial charge >= 0.3 is 0 Å². The molecule has 0 fully saturated rings. The maximum Gasteiger partial charge on any atom is 0.278 e. The lowest BCUT2D eigenvalue weighted by Crippen LogP contribution is -2.13. The monoisotopic (exact) mass is 545 g/mol. The highest BCUT2D eigenvalue weighted by Crippen LogP contribution is 2.32. The summed E-state index contributed by atoms with van der Waals surface area (Å²) in [6, 6.07) is 19.4. The van der Waals surface area contributed by atoms with Crippen LogP contribution in [0.25, 0.3) is 23.0 Å². The van der Waals surface area contributed by atoms with E-state index in [4.69, 9.17) is 14.0 Å². The molecule has 0 aliphatic rings. The summed E-state index contributed by atoms with van der Waals surface area (Å²) >= 11 is 0. The van der Waals surface area contributed by atoms with E-state index in [2.05, 4.69) is 19.8 Å². The number of anilines is 1. The predicted octanol–water partition coefficient (Wildman–Crippen LogP) is 5.03. The fourth-order valence-electron chi connectivity index (χ4n) is 3.98. The van der Waals surface area contributed by atoms with Crippen LogP contribution in [0.15, 0.2) is 88.7 Å². The molecule has 0 spiro atoms. The van der Waals surface area contributed by atoms with Gasteiger partial charge in [0.25, 0.3) is 15.9 Å². The van der Waals surface area contributed by atoms with Gasteiger partial charge in [-0.25, -0.2) is 13.4 Å². The Labute approximate surface area is 226 Å². The molecule has 0 unspecified atom stereocenters. The zero-order valence-corrected chi connectivity index (χ0v) is 22.5. The van der Waals surface area contributed by atoms with Crippen molar-refractivity contribution in [2.75, 3.05) is 18.9 Å². The van der Waals surface area contributed by atoms with Crippen molar-refractivity contribution in [3.05, 3.63) is 90.4 Å². The van der Waals surface area contributed by atoms with E-state index in [9.17, 15) is 8.42 Å². The van der Waals surface area contributed by atoms with E-state index in [1.54, 1.807) is 56.9 Å². The van der Waals surface area contributed by atoms with E-state index in [1.165, 1.54) is 0 Å². The quantitative estimate of drug-likeness (QED) is 0.259. The smallest absolute Gasteiger partial charge is 0.278 e. The number of benzene rings is 3. The minimum Gasteiger partial charge on any atom is -0.493 e. The summed E-state index contributed by atoms with van der Waals surface area (Å²) in [7, 11) is -0.528. The largest absolute Gasteiger partial charge is 0.493 e. The van der Waals surface area contributed by atoms with Gasteiger partial charge in [-0.05, 0) is 60.0 Å². The normalized spacial score (nSPS) is 11.4. The number of hydrogen-bond acceptors (Lipinski definition) is 8. The van der Waals surface area contributed by atoms with E-state index in [0.717, 1.165) is 23.1 Å². The summed E-state index contributed by atoms with van der Waals surface area (Å²) in [5, 5.41) is 4.07. The predicted molar refractivity (Wildman–Crippen MR) is 146 cm³/mol. The number of rotatable bonds is 10. The Morgan fingerprint density at radius 2 is 1.64 bits per heavy atom. The first-order chi connectivity index (χ1) is 18.9. The molecule has 5 aromatic rings. The lowest BCUT2D eigenvalue weighted by atomic mass is 10.2. The van der Waals surface area contributed by atoms with Crippen molar-refractivity contribution in [1.82, 2.24) is 19.7 Å². The Kier molecular flexibility index (Phi) is 7.33. The number of imidazole rings is 1. The van der Waals surface area contributed by atoms with Gasteiger partial charge in [0.15, 0.2) is 11.5 Å². The third-order valence-corrected chi connectivity index (χ3v) is 7.53. The van der Waals surface area contributed by atoms with Crippen molar-refractivity contribution in [3.8, 4) is 34.5 Å². The number of aryl methyl sites for hydroxylation is 1. The van der Waals surface area contributed by atoms with Crippen molar-refractivity contribution in [2.24, 2.45) is 0 Å². The van der Waals surface area contributed by atoms with Crippen LogP contribution in [0.1, 0.15) is 18.1 Å². The van der Waals surface area contributed by atoms with Gasteiger partial charge in [-0.15, -0.1) is 0 Å². The molecular formula is C28H27N5O5S. The molecule has 2 heterocycles. The van der Waals surface area contributed by atoms with Gasteiger partial charge < -0.3 is 18.6 Å². The van der Waals surface area contributed by atoms with Crippen LogP contribution in [0.2, 0.25) is 0 Å². The molecule has 5 rings (SSSR count). The molecule has 0 aliphatic carbocycles. The van der Waals surface area contributed by atoms with Crippen molar-refractivity contribution in [2.45, 2.75) is 24.8 Å². The Balaban J connectivity index is 1.25. The average Bonchev–Trinajstić information content (AvgIpc) is 3.64. The highest BCUT2D eigenvalue weighted by atomic mass is 32.2. The molecule has 0 saturated heterocycles. The van der Waals surface area contributed by atoms with Crippen molar-refractivity contribution in [1.29, 1.82) is 0 Å². The number of aromatic nitrogens is 4. The first-order valence-corrected chi connectivity index (χ1v) is 13.7. The van der Waals surface area contributed by atoms with Gasteiger partial charge in [-0.2, -0.15) is 4.98 Å². The fraction of sp³-hybridized carbons (Fsp3) is 0.179. The maximum absolute atomic E-state index is 12.7. The molecule has 0 radical (unpaired) electrons. The van der Waals surface area contributed by atoms with Crippen LogP contribution in [0, 0.1) is 0 Å². The van der Waals surface area contributed by atoms with Gasteiger partial charge in [-0.1, -0.05) is 36.3 Å². The molecule has 0 aliphatic heterocycles. The Morgan fingerprint density at radius 3 is 2.33 bits per heavy atom. The Morgan fingerprint density at radius 1 is 0.923 bits per heavy atom. The van der Waals surface area contributed by atoms with Gasteiger partial charge in [-0.3, -0.25) is 4.72 Å². The number of nitrogens with one attached hydrogen (secondary N) is 1. The molecule has 0 saturated carbocycles. The summed E-state index contributed by atoms with van der Waals surface area (Å²) in [5.74, 6) is 1.86. The standard InChI is InChI=1S/C28H27N5O5S/c1-4-19-7-12-23(13-8-19)39(34,35)32-22-10-5-20(6-11-22)16-33-17-24(29-18-33)28-30-27(31-38-28)21-9-14-25(36-2)26(15-21)37-3/h5-15,17-18,32H,4,16H2,1-3H3. The van der Waals surface area contributed by atoms with Gasteiger partial charge in [0.05, 0.1) is 25.4 Å². The summed E-state index contributed by atoms with van der Waals surface area (Å²) in [6.45, 7) is 2.55. The minimum atomic E-state index is -3.66. The van der Waals surface area contributed by atoms with Crippen molar-refractivity contribution in [3.63, 3.8) is 0 Å². The summed E-state index contributed by atoms with van der Waals surface area (Å²) in [5.41, 5.74) is 3.78. The zero-order chi connectivity index (χ0) is 27.4. The molecule has 10 nitrogen and oxygen atoms in total. The van der Waals surface area contributed by atoms with Crippen LogP contribution in [-0.2, 0) is 23.0 Å². The highest BCUT2D eigenvalue weighted by Gasteiger charge is 2.16. The van der Waals surface area contributed by atoms with Crippen LogP contribution < -0.4 is 14.2 Å². The summed E-state index contributed by atoms with van der Waals surface area (Å²) in [4.78, 5) is 9.09. The van der Waals surface area contributed by atoms with Crippen molar-refractivity contribution >= 4 is 15.7 Å². The van der Waals surface area contributed by atoms with Crippen LogP contribution >= 0.6 is 0 Å². The topological polar surface area (TPSA) is 121 Å². The molecule has 11 heteroatoms. The number of sulfonamides is 1. The summed E-state index contributed by atoms with van der Waals surface area (Å²) < 4.78 is 46.0. The molecule has 39 heavy (non-hydrogen) atoms. The second kappa shape index (κ2) is 11.0.